The molecular weight excluding hydrogens is 461 g/mol. The first kappa shape index (κ1) is 21.1. The second-order valence-electron chi connectivity index (χ2n) is 6.31. The number of nitrogens with zero attached hydrogens (tertiary/aromatic N) is 3. The Labute approximate surface area is 193 Å². The fourth-order valence-corrected chi connectivity index (χ4v) is 4.82. The van der Waals surface area contributed by atoms with Gasteiger partial charge in [0, 0.05) is 26.5 Å². The summed E-state index contributed by atoms with van der Waals surface area (Å²) in [5, 5.41) is 11.5. The first-order valence-corrected chi connectivity index (χ1v) is 11.1. The van der Waals surface area contributed by atoms with Crippen molar-refractivity contribution in [3.05, 3.63) is 87.4 Å². The highest BCUT2D eigenvalue weighted by Crippen LogP contribution is 2.36. The number of rotatable bonds is 6. The van der Waals surface area contributed by atoms with E-state index in [1.54, 1.807) is 7.11 Å². The number of benzene rings is 3. The van der Waals surface area contributed by atoms with E-state index in [4.69, 9.17) is 39.5 Å². The lowest BCUT2D eigenvalue weighted by atomic mass is 10.2. The summed E-state index contributed by atoms with van der Waals surface area (Å²) in [6.07, 6.45) is 0. The van der Waals surface area contributed by atoms with Crippen molar-refractivity contribution in [1.29, 1.82) is 0 Å². The monoisotopic (exact) mass is 475 g/mol. The van der Waals surface area contributed by atoms with Gasteiger partial charge in [-0.15, -0.1) is 10.2 Å². The molecule has 0 unspecified atom stereocenters. The maximum Gasteiger partial charge on any atom is 0.196 e. The van der Waals surface area contributed by atoms with E-state index in [1.165, 1.54) is 11.8 Å². The first-order chi connectivity index (χ1) is 14.6. The maximum absolute atomic E-state index is 6.34. The van der Waals surface area contributed by atoms with Gasteiger partial charge in [-0.25, -0.2) is 0 Å². The Hall–Kier alpha value is -2.18. The molecule has 4 rings (SSSR count). The number of para-hydroxylation sites is 1. The Morgan fingerprint density at radius 1 is 0.867 bits per heavy atom. The van der Waals surface area contributed by atoms with E-state index in [-0.39, 0.29) is 0 Å². The van der Waals surface area contributed by atoms with Gasteiger partial charge in [-0.05, 0) is 54.1 Å². The predicted octanol–water partition coefficient (Wildman–Crippen LogP) is 7.20. The van der Waals surface area contributed by atoms with E-state index in [0.29, 0.717) is 37.6 Å². The smallest absolute Gasteiger partial charge is 0.196 e. The largest absolute Gasteiger partial charge is 0.496 e. The topological polar surface area (TPSA) is 39.9 Å². The number of hydrogen-bond acceptors (Lipinski definition) is 4. The molecule has 4 aromatic rings. The van der Waals surface area contributed by atoms with Crippen LogP contribution in [0, 0.1) is 0 Å². The average Bonchev–Trinajstić information content (AvgIpc) is 3.17. The second kappa shape index (κ2) is 9.31. The van der Waals surface area contributed by atoms with Crippen LogP contribution in [0.2, 0.25) is 15.1 Å². The van der Waals surface area contributed by atoms with Gasteiger partial charge in [0.25, 0.3) is 0 Å². The van der Waals surface area contributed by atoms with Crippen LogP contribution in [0.5, 0.6) is 5.75 Å². The molecule has 0 aliphatic carbocycles. The van der Waals surface area contributed by atoms with Crippen LogP contribution in [0.15, 0.2) is 71.9 Å². The summed E-state index contributed by atoms with van der Waals surface area (Å²) < 4.78 is 7.51. The van der Waals surface area contributed by atoms with Gasteiger partial charge in [0.05, 0.1) is 12.7 Å². The number of thioether (sulfide) groups is 1. The van der Waals surface area contributed by atoms with Gasteiger partial charge in [0.1, 0.15) is 5.75 Å². The number of hydrogen-bond donors (Lipinski definition) is 0. The van der Waals surface area contributed by atoms with Gasteiger partial charge < -0.3 is 4.74 Å². The molecule has 0 N–H and O–H groups in total. The third-order valence-electron chi connectivity index (χ3n) is 4.47. The lowest BCUT2D eigenvalue weighted by molar-refractivity contribution is 0.416. The lowest BCUT2D eigenvalue weighted by Crippen LogP contribution is -2.01. The highest BCUT2D eigenvalue weighted by atomic mass is 35.5. The van der Waals surface area contributed by atoms with Gasteiger partial charge in [0.2, 0.25) is 0 Å². The van der Waals surface area contributed by atoms with Crippen LogP contribution >= 0.6 is 46.6 Å². The van der Waals surface area contributed by atoms with Crippen molar-refractivity contribution in [2.75, 3.05) is 7.11 Å². The zero-order chi connectivity index (χ0) is 21.1. The van der Waals surface area contributed by atoms with Crippen LogP contribution in [0.4, 0.5) is 0 Å². The molecule has 1 aromatic heterocycles. The minimum absolute atomic E-state index is 0.552. The normalized spacial score (nSPS) is 10.9. The zero-order valence-corrected chi connectivity index (χ0v) is 18.9. The van der Waals surface area contributed by atoms with Crippen LogP contribution < -0.4 is 4.74 Å². The first-order valence-electron chi connectivity index (χ1n) is 8.99. The van der Waals surface area contributed by atoms with Crippen molar-refractivity contribution in [3.8, 4) is 22.8 Å². The van der Waals surface area contributed by atoms with Gasteiger partial charge >= 0.3 is 0 Å². The molecule has 0 saturated heterocycles. The zero-order valence-electron chi connectivity index (χ0n) is 15.8. The number of aromatic nitrogens is 3. The summed E-state index contributed by atoms with van der Waals surface area (Å²) in [6, 6.07) is 20.7. The van der Waals surface area contributed by atoms with Crippen molar-refractivity contribution >= 4 is 46.6 Å². The van der Waals surface area contributed by atoms with E-state index < -0.39 is 0 Å². The quantitative estimate of drug-likeness (QED) is 0.276. The van der Waals surface area contributed by atoms with Crippen LogP contribution in [0.1, 0.15) is 5.56 Å². The average molecular weight is 477 g/mol. The molecule has 8 heteroatoms. The van der Waals surface area contributed by atoms with Gasteiger partial charge in [-0.3, -0.25) is 4.57 Å². The van der Waals surface area contributed by atoms with Crippen molar-refractivity contribution in [2.45, 2.75) is 10.9 Å². The molecule has 0 bridgehead atoms. The SMILES string of the molecule is COc1ccccc1-c1nnc(SCc2c(Cl)cccc2Cl)n1-c1ccc(Cl)cc1. The fraction of sp³-hybridized carbons (Fsp3) is 0.0909. The Kier molecular flexibility index (Phi) is 6.54. The molecule has 0 aliphatic rings. The summed E-state index contributed by atoms with van der Waals surface area (Å²) >= 11 is 20.3. The van der Waals surface area contributed by atoms with Crippen molar-refractivity contribution < 1.29 is 4.74 Å². The van der Waals surface area contributed by atoms with E-state index in [9.17, 15) is 0 Å². The molecule has 0 atom stereocenters. The summed E-state index contributed by atoms with van der Waals surface area (Å²) in [4.78, 5) is 0. The van der Waals surface area contributed by atoms with Crippen molar-refractivity contribution in [2.24, 2.45) is 0 Å². The molecule has 0 amide bonds. The standard InChI is InChI=1S/C22H16Cl3N3OS/c1-29-20-8-3-2-5-16(20)21-26-27-22(28(21)15-11-9-14(23)10-12-15)30-13-17-18(24)6-4-7-19(17)25/h2-12H,13H2,1H3. The number of methoxy groups -OCH3 is 1. The summed E-state index contributed by atoms with van der Waals surface area (Å²) in [5.74, 6) is 1.93. The Balaban J connectivity index is 1.79. The third kappa shape index (κ3) is 4.30. The Bertz CT molecular complexity index is 1160. The molecule has 1 heterocycles. The number of halogens is 3. The maximum atomic E-state index is 6.34. The molecule has 0 fully saturated rings. The predicted molar refractivity (Wildman–Crippen MR) is 124 cm³/mol. The van der Waals surface area contributed by atoms with Crippen molar-refractivity contribution in [1.82, 2.24) is 14.8 Å². The van der Waals surface area contributed by atoms with Gasteiger partial charge in [0.15, 0.2) is 11.0 Å². The van der Waals surface area contributed by atoms with Gasteiger partial charge in [-0.2, -0.15) is 0 Å². The molecule has 0 aliphatic heterocycles. The van der Waals surface area contributed by atoms with E-state index in [1.807, 2.05) is 71.3 Å². The van der Waals surface area contributed by atoms with Crippen LogP contribution in [-0.4, -0.2) is 21.9 Å². The highest BCUT2D eigenvalue weighted by Gasteiger charge is 2.19. The highest BCUT2D eigenvalue weighted by molar-refractivity contribution is 7.98. The van der Waals surface area contributed by atoms with E-state index in [0.717, 1.165) is 16.8 Å². The van der Waals surface area contributed by atoms with Crippen LogP contribution in [-0.2, 0) is 5.75 Å². The minimum atomic E-state index is 0.552. The minimum Gasteiger partial charge on any atom is -0.496 e. The lowest BCUT2D eigenvalue weighted by Gasteiger charge is -2.13. The summed E-state index contributed by atoms with van der Waals surface area (Å²) in [5.41, 5.74) is 2.58. The molecule has 30 heavy (non-hydrogen) atoms. The molecule has 0 saturated carbocycles. The molecule has 152 valence electrons. The molecule has 0 spiro atoms. The Morgan fingerprint density at radius 2 is 1.57 bits per heavy atom. The Morgan fingerprint density at radius 3 is 2.27 bits per heavy atom. The molecular formula is C22H16Cl3N3OS. The third-order valence-corrected chi connectivity index (χ3v) is 6.39. The summed E-state index contributed by atoms with van der Waals surface area (Å²) in [7, 11) is 1.64. The second-order valence-corrected chi connectivity index (χ2v) is 8.50. The number of ether oxygens (including phenoxy) is 1. The van der Waals surface area contributed by atoms with E-state index in [2.05, 4.69) is 10.2 Å². The van der Waals surface area contributed by atoms with E-state index >= 15 is 0 Å². The van der Waals surface area contributed by atoms with Crippen LogP contribution in [0.25, 0.3) is 17.1 Å². The summed E-state index contributed by atoms with van der Waals surface area (Å²) in [6.45, 7) is 0. The molecule has 3 aromatic carbocycles. The molecule has 4 nitrogen and oxygen atoms in total. The van der Waals surface area contributed by atoms with Crippen LogP contribution in [0.3, 0.4) is 0 Å². The molecule has 0 radical (unpaired) electrons. The van der Waals surface area contributed by atoms with Gasteiger partial charge in [-0.1, -0.05) is 64.8 Å². The fourth-order valence-electron chi connectivity index (χ4n) is 3.00. The van der Waals surface area contributed by atoms with Crippen molar-refractivity contribution in [3.63, 3.8) is 0 Å².